The highest BCUT2D eigenvalue weighted by Gasteiger charge is 2.39. The zero-order valence-corrected chi connectivity index (χ0v) is 12.1. The molecule has 2 saturated carbocycles. The quantitative estimate of drug-likeness (QED) is 0.929. The lowest BCUT2D eigenvalue weighted by Crippen LogP contribution is -2.31. The van der Waals surface area contributed by atoms with Gasteiger partial charge < -0.3 is 0 Å². The maximum atomic E-state index is 12.2. The number of hydrogen-bond acceptors (Lipinski definition) is 3. The van der Waals surface area contributed by atoms with Crippen molar-refractivity contribution in [3.63, 3.8) is 0 Å². The molecule has 1 aromatic rings. The molecule has 0 aromatic carbocycles. The molecule has 0 spiro atoms. The molecule has 1 N–H and O–H groups in total. The first-order valence-corrected chi connectivity index (χ1v) is 8.51. The third-order valence-electron chi connectivity index (χ3n) is 4.44. The Balaban J connectivity index is 1.68. The summed E-state index contributed by atoms with van der Waals surface area (Å²) in [7, 11) is -3.54. The molecule has 0 aliphatic heterocycles. The number of hydrogen-bond donors (Lipinski definition) is 1. The lowest BCUT2D eigenvalue weighted by atomic mass is 9.89. The highest BCUT2D eigenvalue weighted by Crippen LogP contribution is 2.48. The Morgan fingerprint density at radius 3 is 2.84 bits per heavy atom. The van der Waals surface area contributed by atoms with Crippen LogP contribution in [0.5, 0.6) is 0 Å². The van der Waals surface area contributed by atoms with Crippen LogP contribution in [0.1, 0.15) is 25.7 Å². The zero-order valence-electron chi connectivity index (χ0n) is 10.5. The third-order valence-corrected chi connectivity index (χ3v) is 6.34. The van der Waals surface area contributed by atoms with Crippen LogP contribution < -0.4 is 4.72 Å². The van der Waals surface area contributed by atoms with E-state index in [0.29, 0.717) is 18.4 Å². The van der Waals surface area contributed by atoms with Crippen molar-refractivity contribution in [1.82, 2.24) is 9.71 Å². The monoisotopic (exact) mass is 300 g/mol. The van der Waals surface area contributed by atoms with E-state index in [0.717, 1.165) is 12.3 Å². The Hall–Kier alpha value is -0.650. The largest absolute Gasteiger partial charge is 0.263 e. The molecule has 0 saturated heterocycles. The van der Waals surface area contributed by atoms with Crippen molar-refractivity contribution in [2.75, 3.05) is 6.54 Å². The van der Waals surface area contributed by atoms with E-state index in [2.05, 4.69) is 9.71 Å². The minimum absolute atomic E-state index is 0.0693. The predicted octanol–water partition coefficient (Wildman–Crippen LogP) is 2.45. The van der Waals surface area contributed by atoms with Crippen LogP contribution in [-0.4, -0.2) is 19.9 Å². The molecule has 2 fully saturated rings. The minimum atomic E-state index is -3.54. The Morgan fingerprint density at radius 2 is 2.21 bits per heavy atom. The lowest BCUT2D eigenvalue weighted by molar-refractivity contribution is 0.333. The number of sulfonamides is 1. The van der Waals surface area contributed by atoms with Crippen molar-refractivity contribution in [2.45, 2.75) is 30.6 Å². The summed E-state index contributed by atoms with van der Waals surface area (Å²) < 4.78 is 27.1. The molecule has 3 atom stereocenters. The van der Waals surface area contributed by atoms with Gasteiger partial charge in [-0.2, -0.15) is 0 Å². The van der Waals surface area contributed by atoms with Crippen molar-refractivity contribution in [1.29, 1.82) is 0 Å². The molecule has 1 aromatic heterocycles. The molecule has 4 nitrogen and oxygen atoms in total. The fraction of sp³-hybridized carbons (Fsp3) is 0.615. The van der Waals surface area contributed by atoms with Crippen molar-refractivity contribution >= 4 is 21.6 Å². The summed E-state index contributed by atoms with van der Waals surface area (Å²) >= 11 is 5.91. The molecule has 2 aliphatic rings. The maximum absolute atomic E-state index is 12.2. The summed E-state index contributed by atoms with van der Waals surface area (Å²) in [5.74, 6) is 2.02. The van der Waals surface area contributed by atoms with Crippen LogP contribution in [0, 0.1) is 17.8 Å². The Kier molecular flexibility index (Phi) is 3.53. The number of pyridine rings is 1. The highest BCUT2D eigenvalue weighted by atomic mass is 35.5. The van der Waals surface area contributed by atoms with Gasteiger partial charge in [0.1, 0.15) is 4.90 Å². The van der Waals surface area contributed by atoms with Gasteiger partial charge >= 0.3 is 0 Å². The first-order valence-electron chi connectivity index (χ1n) is 6.65. The Labute approximate surface area is 118 Å². The lowest BCUT2D eigenvalue weighted by Gasteiger charge is -2.21. The van der Waals surface area contributed by atoms with Gasteiger partial charge in [-0.25, -0.2) is 13.1 Å². The zero-order chi connectivity index (χ0) is 13.5. The number of nitrogens with zero attached hydrogens (tertiary/aromatic N) is 1. The number of aromatic nitrogens is 1. The van der Waals surface area contributed by atoms with E-state index in [9.17, 15) is 8.42 Å². The number of fused-ring (bicyclic) bond motifs is 2. The molecular formula is C13H17ClN2O2S. The minimum Gasteiger partial charge on any atom is -0.263 e. The van der Waals surface area contributed by atoms with Crippen LogP contribution in [0.15, 0.2) is 23.4 Å². The van der Waals surface area contributed by atoms with Gasteiger partial charge in [0.25, 0.3) is 0 Å². The standard InChI is InChI=1S/C13H17ClN2O2S/c14-12-3-4-15-8-13(12)19(17,18)16-7-11-6-9-1-2-10(11)5-9/h3-4,8-11,16H,1-2,5-7H2. The normalized spacial score (nSPS) is 29.8. The average molecular weight is 301 g/mol. The number of rotatable bonds is 4. The fourth-order valence-electron chi connectivity index (χ4n) is 3.48. The molecule has 3 unspecified atom stereocenters. The van der Waals surface area contributed by atoms with Gasteiger partial charge in [0.2, 0.25) is 10.0 Å². The number of nitrogens with one attached hydrogen (secondary N) is 1. The molecule has 19 heavy (non-hydrogen) atoms. The summed E-state index contributed by atoms with van der Waals surface area (Å²) in [5, 5.41) is 0.218. The summed E-state index contributed by atoms with van der Waals surface area (Å²) in [5.41, 5.74) is 0. The number of halogens is 1. The fourth-order valence-corrected chi connectivity index (χ4v) is 5.00. The first kappa shape index (κ1) is 13.3. The molecule has 0 amide bonds. The van der Waals surface area contributed by atoms with Crippen LogP contribution in [-0.2, 0) is 10.0 Å². The van der Waals surface area contributed by atoms with E-state index < -0.39 is 10.0 Å². The second-order valence-corrected chi connectivity index (χ2v) is 7.74. The van der Waals surface area contributed by atoms with Crippen molar-refractivity contribution < 1.29 is 8.42 Å². The Bertz CT molecular complexity index is 576. The summed E-state index contributed by atoms with van der Waals surface area (Å²) in [4.78, 5) is 3.90. The second kappa shape index (κ2) is 5.04. The van der Waals surface area contributed by atoms with Crippen molar-refractivity contribution in [2.24, 2.45) is 17.8 Å². The molecule has 0 radical (unpaired) electrons. The van der Waals surface area contributed by atoms with E-state index in [4.69, 9.17) is 11.6 Å². The summed E-state index contributed by atoms with van der Waals surface area (Å²) in [6, 6.07) is 1.49. The molecule has 1 heterocycles. The van der Waals surface area contributed by atoms with Gasteiger partial charge in [0.05, 0.1) is 5.02 Å². The Morgan fingerprint density at radius 1 is 1.37 bits per heavy atom. The summed E-state index contributed by atoms with van der Waals surface area (Å²) in [6.45, 7) is 0.523. The highest BCUT2D eigenvalue weighted by molar-refractivity contribution is 7.89. The van der Waals surface area contributed by atoms with E-state index in [1.807, 2.05) is 0 Å². The van der Waals surface area contributed by atoms with Gasteiger partial charge in [-0.15, -0.1) is 0 Å². The van der Waals surface area contributed by atoms with Crippen LogP contribution >= 0.6 is 11.6 Å². The van der Waals surface area contributed by atoms with Gasteiger partial charge in [0.15, 0.2) is 0 Å². The topological polar surface area (TPSA) is 59.1 Å². The van der Waals surface area contributed by atoms with Gasteiger partial charge in [-0.3, -0.25) is 4.98 Å². The van der Waals surface area contributed by atoms with Gasteiger partial charge in [-0.1, -0.05) is 18.0 Å². The van der Waals surface area contributed by atoms with E-state index in [1.165, 1.54) is 37.7 Å². The molecule has 3 rings (SSSR count). The molecule has 2 aliphatic carbocycles. The van der Waals surface area contributed by atoms with Crippen LogP contribution in [0.2, 0.25) is 5.02 Å². The van der Waals surface area contributed by atoms with Crippen LogP contribution in [0.3, 0.4) is 0 Å². The predicted molar refractivity (Wildman–Crippen MR) is 73.4 cm³/mol. The van der Waals surface area contributed by atoms with Crippen LogP contribution in [0.25, 0.3) is 0 Å². The first-order chi connectivity index (χ1) is 9.06. The van der Waals surface area contributed by atoms with Crippen molar-refractivity contribution in [3.8, 4) is 0 Å². The third kappa shape index (κ3) is 2.64. The van der Waals surface area contributed by atoms with E-state index in [-0.39, 0.29) is 9.92 Å². The van der Waals surface area contributed by atoms with Gasteiger partial charge in [0, 0.05) is 18.9 Å². The van der Waals surface area contributed by atoms with E-state index in [1.54, 1.807) is 0 Å². The molecule has 104 valence electrons. The van der Waals surface area contributed by atoms with Crippen LogP contribution in [0.4, 0.5) is 0 Å². The summed E-state index contributed by atoms with van der Waals surface area (Å²) in [6.07, 6.45) is 7.80. The second-order valence-electron chi connectivity index (χ2n) is 5.59. The molecule has 6 heteroatoms. The molecule has 2 bridgehead atoms. The average Bonchev–Trinajstić information content (AvgIpc) is 2.99. The van der Waals surface area contributed by atoms with Crippen molar-refractivity contribution in [3.05, 3.63) is 23.5 Å². The van der Waals surface area contributed by atoms with Gasteiger partial charge in [-0.05, 0) is 43.1 Å². The SMILES string of the molecule is O=S(=O)(NCC1CC2CCC1C2)c1cnccc1Cl. The molecular weight excluding hydrogens is 284 g/mol. The van der Waals surface area contributed by atoms with E-state index >= 15 is 0 Å². The smallest absolute Gasteiger partial charge is 0.243 e. The maximum Gasteiger partial charge on any atom is 0.243 e.